The number of amides is 2. The summed E-state index contributed by atoms with van der Waals surface area (Å²) in [6, 6.07) is 10.2. The molecular formula is C26H28ClN3O5S2. The Balaban J connectivity index is 1.33. The fourth-order valence-electron chi connectivity index (χ4n) is 4.28. The number of sulfone groups is 1. The number of nitrogens with zero attached hydrogens (tertiary/aromatic N) is 3. The first-order chi connectivity index (χ1) is 17.7. The van der Waals surface area contributed by atoms with E-state index in [1.165, 1.54) is 17.4 Å². The van der Waals surface area contributed by atoms with Crippen LogP contribution in [0.5, 0.6) is 0 Å². The number of thiazole rings is 1. The zero-order valence-electron chi connectivity index (χ0n) is 20.4. The van der Waals surface area contributed by atoms with Gasteiger partial charge in [-0.1, -0.05) is 36.4 Å². The van der Waals surface area contributed by atoms with Gasteiger partial charge in [0.2, 0.25) is 5.91 Å². The summed E-state index contributed by atoms with van der Waals surface area (Å²) in [4.78, 5) is 32.2. The number of hydrogen-bond acceptors (Lipinski definition) is 6. The van der Waals surface area contributed by atoms with Gasteiger partial charge in [0.25, 0.3) is 0 Å². The van der Waals surface area contributed by atoms with Crippen molar-refractivity contribution in [3.63, 3.8) is 0 Å². The van der Waals surface area contributed by atoms with E-state index < -0.39 is 15.9 Å². The molecule has 1 aliphatic rings. The molecule has 37 heavy (non-hydrogen) atoms. The molecule has 4 rings (SSSR count). The molecule has 8 nitrogen and oxygen atoms in total. The lowest BCUT2D eigenvalue weighted by Crippen LogP contribution is -2.38. The van der Waals surface area contributed by atoms with E-state index in [1.807, 2.05) is 13.2 Å². The summed E-state index contributed by atoms with van der Waals surface area (Å²) >= 11 is 7.44. The maximum Gasteiger partial charge on any atom is 0.436 e. The quantitative estimate of drug-likeness (QED) is 0.390. The molecule has 0 aliphatic carbocycles. The van der Waals surface area contributed by atoms with E-state index in [9.17, 15) is 18.0 Å². The number of fused-ring (bicyclic) bond motifs is 1. The molecule has 0 atom stereocenters. The Morgan fingerprint density at radius 3 is 2.62 bits per heavy atom. The molecule has 3 aromatic rings. The van der Waals surface area contributed by atoms with Crippen molar-refractivity contribution in [1.29, 1.82) is 0 Å². The van der Waals surface area contributed by atoms with Gasteiger partial charge in [-0.3, -0.25) is 4.79 Å². The van der Waals surface area contributed by atoms with Gasteiger partial charge in [0.1, 0.15) is 6.61 Å². The summed E-state index contributed by atoms with van der Waals surface area (Å²) in [5.74, 6) is -0.159. The molecule has 2 aromatic carbocycles. The fourth-order valence-corrected chi connectivity index (χ4v) is 6.86. The van der Waals surface area contributed by atoms with E-state index in [-0.39, 0.29) is 35.5 Å². The Hall–Kier alpha value is -2.95. The van der Waals surface area contributed by atoms with E-state index in [0.717, 1.165) is 28.5 Å². The zero-order chi connectivity index (χ0) is 26.6. The summed E-state index contributed by atoms with van der Waals surface area (Å²) in [7, 11) is -1.78. The van der Waals surface area contributed by atoms with Crippen LogP contribution < -0.4 is 4.80 Å². The number of aromatic nitrogens is 1. The van der Waals surface area contributed by atoms with E-state index in [0.29, 0.717) is 22.9 Å². The van der Waals surface area contributed by atoms with Gasteiger partial charge in [-0.25, -0.2) is 13.2 Å². The van der Waals surface area contributed by atoms with Crippen molar-refractivity contribution < 1.29 is 22.7 Å². The summed E-state index contributed by atoms with van der Waals surface area (Å²) in [5.41, 5.74) is 0. The minimum atomic E-state index is -3.60. The second-order valence-corrected chi connectivity index (χ2v) is 12.5. The lowest BCUT2D eigenvalue weighted by molar-refractivity contribution is -0.131. The zero-order valence-corrected chi connectivity index (χ0v) is 22.8. The average molecular weight is 562 g/mol. The molecule has 0 N–H and O–H groups in total. The molecule has 0 saturated carbocycles. The van der Waals surface area contributed by atoms with Crippen LogP contribution in [0.2, 0.25) is 5.02 Å². The number of halogens is 1. The maximum absolute atomic E-state index is 12.9. The van der Waals surface area contributed by atoms with E-state index in [4.69, 9.17) is 16.3 Å². The van der Waals surface area contributed by atoms with Crippen LogP contribution in [0.3, 0.4) is 0 Å². The number of carbonyl (C=O) groups excluding carboxylic acids is 2. The normalized spacial score (nSPS) is 15.2. The van der Waals surface area contributed by atoms with Crippen molar-refractivity contribution >= 4 is 55.5 Å². The van der Waals surface area contributed by atoms with Crippen LogP contribution in [0.1, 0.15) is 30.1 Å². The smallest absolute Gasteiger partial charge is 0.436 e. The SMILES string of the molecule is C=CCOC(=O)/N=c1\sc(C2CCN(C(=O)CCS(=O)(=O)c3ccc4cc(Cl)ccc4c3)CC2)cn1C. The molecule has 1 saturated heterocycles. The van der Waals surface area contributed by atoms with Crippen molar-refractivity contribution in [1.82, 2.24) is 9.47 Å². The molecule has 0 unspecified atom stereocenters. The first-order valence-electron chi connectivity index (χ1n) is 11.8. The van der Waals surface area contributed by atoms with Crippen molar-refractivity contribution in [2.24, 2.45) is 12.0 Å². The number of piperidine rings is 1. The van der Waals surface area contributed by atoms with Gasteiger partial charge >= 0.3 is 6.09 Å². The second-order valence-electron chi connectivity index (χ2n) is 8.88. The number of rotatable bonds is 7. The highest BCUT2D eigenvalue weighted by Gasteiger charge is 2.26. The highest BCUT2D eigenvalue weighted by molar-refractivity contribution is 7.91. The lowest BCUT2D eigenvalue weighted by Gasteiger charge is -2.31. The molecule has 0 radical (unpaired) electrons. The van der Waals surface area contributed by atoms with Gasteiger partial charge in [0.05, 0.1) is 10.6 Å². The second kappa shape index (κ2) is 11.6. The average Bonchev–Trinajstić information content (AvgIpc) is 3.25. The minimum absolute atomic E-state index is 0.0601. The van der Waals surface area contributed by atoms with Crippen LogP contribution in [-0.2, 0) is 26.4 Å². The number of benzene rings is 2. The monoisotopic (exact) mass is 561 g/mol. The highest BCUT2D eigenvalue weighted by Crippen LogP contribution is 2.30. The van der Waals surface area contributed by atoms with Crippen molar-refractivity contribution in [2.45, 2.75) is 30.1 Å². The molecule has 11 heteroatoms. The molecule has 2 heterocycles. The molecule has 2 amide bonds. The molecule has 196 valence electrons. The van der Waals surface area contributed by atoms with Gasteiger partial charge in [0, 0.05) is 42.7 Å². The molecule has 0 spiro atoms. The van der Waals surface area contributed by atoms with Crippen LogP contribution >= 0.6 is 22.9 Å². The first kappa shape index (κ1) is 27.1. The topological polar surface area (TPSA) is 98.0 Å². The van der Waals surface area contributed by atoms with Gasteiger partial charge in [-0.2, -0.15) is 0 Å². The van der Waals surface area contributed by atoms with Crippen molar-refractivity contribution in [2.75, 3.05) is 25.4 Å². The van der Waals surface area contributed by atoms with Gasteiger partial charge in [-0.15, -0.1) is 16.3 Å². The van der Waals surface area contributed by atoms with Crippen LogP contribution in [-0.4, -0.2) is 55.3 Å². The summed E-state index contributed by atoms with van der Waals surface area (Å²) in [6.07, 6.45) is 4.23. The largest absolute Gasteiger partial charge is 0.444 e. The minimum Gasteiger partial charge on any atom is -0.444 e. The van der Waals surface area contributed by atoms with Gasteiger partial charge < -0.3 is 14.2 Å². The number of hydrogen-bond donors (Lipinski definition) is 0. The van der Waals surface area contributed by atoms with Crippen LogP contribution in [0.25, 0.3) is 10.8 Å². The molecule has 1 aromatic heterocycles. The third-order valence-corrected chi connectivity index (χ3v) is 9.50. The summed E-state index contributed by atoms with van der Waals surface area (Å²) in [6.45, 7) is 4.72. The Morgan fingerprint density at radius 1 is 1.19 bits per heavy atom. The van der Waals surface area contributed by atoms with Gasteiger partial charge in [-0.05, 0) is 53.8 Å². The summed E-state index contributed by atoms with van der Waals surface area (Å²) in [5, 5.41) is 2.23. The number of carbonyl (C=O) groups is 2. The van der Waals surface area contributed by atoms with Crippen LogP contribution in [0, 0.1) is 0 Å². The van der Waals surface area contributed by atoms with E-state index >= 15 is 0 Å². The number of likely N-dealkylation sites (tertiary alicyclic amines) is 1. The summed E-state index contributed by atoms with van der Waals surface area (Å²) < 4.78 is 32.5. The van der Waals surface area contributed by atoms with Crippen LogP contribution in [0.15, 0.2) is 65.1 Å². The van der Waals surface area contributed by atoms with Crippen LogP contribution in [0.4, 0.5) is 4.79 Å². The Bertz CT molecular complexity index is 1500. The number of ether oxygens (including phenoxy) is 1. The predicted octanol–water partition coefficient (Wildman–Crippen LogP) is 4.69. The third kappa shape index (κ3) is 6.68. The van der Waals surface area contributed by atoms with E-state index in [1.54, 1.807) is 45.9 Å². The molecule has 1 fully saturated rings. The number of aryl methyl sites for hydroxylation is 1. The van der Waals surface area contributed by atoms with Gasteiger partial charge in [0.15, 0.2) is 14.6 Å². The third-order valence-electron chi connectivity index (χ3n) is 6.31. The molecule has 1 aliphatic heterocycles. The first-order valence-corrected chi connectivity index (χ1v) is 14.7. The highest BCUT2D eigenvalue weighted by atomic mass is 35.5. The Labute approximate surface area is 224 Å². The predicted molar refractivity (Wildman–Crippen MR) is 145 cm³/mol. The standard InChI is InChI=1S/C26H28ClN3O5S2/c1-3-13-35-26(32)28-25-29(2)17-23(36-25)18-8-11-30(12-9-18)24(31)10-14-37(33,34)22-7-5-19-15-21(27)6-4-20(19)16-22/h3-7,15-18H,1,8-14H2,2H3/b28-25-. The Kier molecular flexibility index (Phi) is 8.51. The lowest BCUT2D eigenvalue weighted by atomic mass is 9.95. The van der Waals surface area contributed by atoms with Crippen molar-refractivity contribution in [3.8, 4) is 0 Å². The molecule has 0 bridgehead atoms. The molecular weight excluding hydrogens is 534 g/mol. The van der Waals surface area contributed by atoms with Crippen molar-refractivity contribution in [3.05, 3.63) is 70.0 Å². The fraction of sp³-hybridized carbons (Fsp3) is 0.346. The maximum atomic E-state index is 12.9. The van der Waals surface area contributed by atoms with E-state index in [2.05, 4.69) is 11.6 Å². The Morgan fingerprint density at radius 2 is 1.89 bits per heavy atom.